The second-order valence-electron chi connectivity index (χ2n) is 7.28. The largest absolute Gasteiger partial charge is 0.506 e. The molecule has 0 aliphatic heterocycles. The lowest BCUT2D eigenvalue weighted by Crippen LogP contribution is -2.38. The Balaban J connectivity index is 0.00000338. The molecule has 2 aromatic rings. The number of β-amino-alcohol motifs (C(OH)–C–C–N with tert-alkyl or cyclic N) is 1. The molecule has 0 aliphatic rings. The summed E-state index contributed by atoms with van der Waals surface area (Å²) in [5.74, 6) is -0.431. The summed E-state index contributed by atoms with van der Waals surface area (Å²) in [4.78, 5) is 15.0. The number of esters is 1. The summed E-state index contributed by atoms with van der Waals surface area (Å²) in [6.07, 6.45) is 0.986. The summed E-state index contributed by atoms with van der Waals surface area (Å²) in [7, 11) is 0. The number of aromatic hydroxyl groups is 1. The SMILES string of the molecule is CCCCOC(=O)c1cc2c(C(O)CNC(C)(C)C)ccc(O)c2[nH]1.Cl. The number of rotatable bonds is 7. The van der Waals surface area contributed by atoms with Crippen molar-refractivity contribution in [2.75, 3.05) is 13.2 Å². The third-order valence-electron chi connectivity index (χ3n) is 3.94. The van der Waals surface area contributed by atoms with Crippen LogP contribution in [0.5, 0.6) is 5.75 Å². The number of nitrogens with one attached hydrogen (secondary N) is 2. The van der Waals surface area contributed by atoms with Gasteiger partial charge in [-0.15, -0.1) is 12.4 Å². The number of unbranched alkanes of at least 4 members (excludes halogenated alkanes) is 1. The lowest BCUT2D eigenvalue weighted by atomic mass is 10.0. The molecule has 0 bridgehead atoms. The zero-order valence-corrected chi connectivity index (χ0v) is 16.6. The normalized spacial score (nSPS) is 12.7. The lowest BCUT2D eigenvalue weighted by molar-refractivity contribution is 0.0494. The van der Waals surface area contributed by atoms with E-state index >= 15 is 0 Å². The van der Waals surface area contributed by atoms with Gasteiger partial charge in [-0.05, 0) is 44.9 Å². The average Bonchev–Trinajstić information content (AvgIpc) is 2.98. The third kappa shape index (κ3) is 5.62. The topological polar surface area (TPSA) is 94.6 Å². The van der Waals surface area contributed by atoms with Crippen LogP contribution in [-0.4, -0.2) is 39.9 Å². The second-order valence-corrected chi connectivity index (χ2v) is 7.28. The first kappa shape index (κ1) is 22.3. The second kappa shape index (κ2) is 9.26. The Hall–Kier alpha value is -1.76. The highest BCUT2D eigenvalue weighted by molar-refractivity contribution is 5.98. The van der Waals surface area contributed by atoms with Gasteiger partial charge in [0, 0.05) is 17.5 Å². The molecule has 1 aromatic carbocycles. The van der Waals surface area contributed by atoms with Crippen molar-refractivity contribution in [2.45, 2.75) is 52.2 Å². The molecule has 2 rings (SSSR count). The van der Waals surface area contributed by atoms with Crippen LogP contribution in [0, 0.1) is 0 Å². The molecule has 4 N–H and O–H groups in total. The van der Waals surface area contributed by atoms with Crippen molar-refractivity contribution in [3.05, 3.63) is 29.5 Å². The van der Waals surface area contributed by atoms with Gasteiger partial charge in [0.05, 0.1) is 18.2 Å². The van der Waals surface area contributed by atoms with Crippen LogP contribution in [-0.2, 0) is 4.74 Å². The van der Waals surface area contributed by atoms with Gasteiger partial charge in [0.15, 0.2) is 0 Å². The van der Waals surface area contributed by atoms with Crippen molar-refractivity contribution < 1.29 is 19.7 Å². The van der Waals surface area contributed by atoms with Crippen molar-refractivity contribution in [3.8, 4) is 5.75 Å². The van der Waals surface area contributed by atoms with Gasteiger partial charge in [0.1, 0.15) is 11.4 Å². The van der Waals surface area contributed by atoms with E-state index in [1.165, 1.54) is 6.07 Å². The van der Waals surface area contributed by atoms with Gasteiger partial charge in [-0.25, -0.2) is 4.79 Å². The summed E-state index contributed by atoms with van der Waals surface area (Å²) in [5.41, 5.74) is 1.22. The quantitative estimate of drug-likeness (QED) is 0.431. The molecule has 1 unspecified atom stereocenters. The van der Waals surface area contributed by atoms with Crippen LogP contribution in [0.1, 0.15) is 62.7 Å². The molecule has 0 spiro atoms. The summed E-state index contributed by atoms with van der Waals surface area (Å²) in [6, 6.07) is 4.81. The predicted molar refractivity (Wildman–Crippen MR) is 105 cm³/mol. The number of aliphatic hydroxyl groups excluding tert-OH is 1. The molecular formula is C19H29ClN2O4. The minimum atomic E-state index is -0.762. The van der Waals surface area contributed by atoms with E-state index in [-0.39, 0.29) is 29.4 Å². The van der Waals surface area contributed by atoms with E-state index in [2.05, 4.69) is 10.3 Å². The van der Waals surface area contributed by atoms with Crippen LogP contribution in [0.3, 0.4) is 0 Å². The molecule has 0 radical (unpaired) electrons. The van der Waals surface area contributed by atoms with Crippen LogP contribution in [0.2, 0.25) is 0 Å². The monoisotopic (exact) mass is 384 g/mol. The fraction of sp³-hybridized carbons (Fsp3) is 0.526. The molecule has 6 nitrogen and oxygen atoms in total. The van der Waals surface area contributed by atoms with E-state index in [0.717, 1.165) is 12.8 Å². The Morgan fingerprint density at radius 1 is 1.35 bits per heavy atom. The summed E-state index contributed by atoms with van der Waals surface area (Å²) < 4.78 is 5.20. The smallest absolute Gasteiger partial charge is 0.354 e. The molecule has 0 amide bonds. The number of aromatic nitrogens is 1. The highest BCUT2D eigenvalue weighted by atomic mass is 35.5. The molecular weight excluding hydrogens is 356 g/mol. The Morgan fingerprint density at radius 3 is 2.65 bits per heavy atom. The fourth-order valence-corrected chi connectivity index (χ4v) is 2.53. The fourth-order valence-electron chi connectivity index (χ4n) is 2.53. The number of hydrogen-bond donors (Lipinski definition) is 4. The first-order valence-electron chi connectivity index (χ1n) is 8.67. The Labute approximate surface area is 160 Å². The van der Waals surface area contributed by atoms with E-state index in [4.69, 9.17) is 4.74 Å². The zero-order chi connectivity index (χ0) is 18.6. The third-order valence-corrected chi connectivity index (χ3v) is 3.94. The summed E-state index contributed by atoms with van der Waals surface area (Å²) in [6.45, 7) is 8.81. The van der Waals surface area contributed by atoms with Gasteiger partial charge in [0.25, 0.3) is 0 Å². The number of aliphatic hydroxyl groups is 1. The maximum absolute atomic E-state index is 12.1. The first-order chi connectivity index (χ1) is 11.7. The Bertz CT molecular complexity index is 737. The average molecular weight is 385 g/mol. The van der Waals surface area contributed by atoms with Crippen molar-refractivity contribution in [1.29, 1.82) is 0 Å². The number of hydrogen-bond acceptors (Lipinski definition) is 5. The number of phenolic OH excluding ortho intramolecular Hbond substituents is 1. The molecule has 7 heteroatoms. The molecule has 146 valence electrons. The number of benzene rings is 1. The number of ether oxygens (including phenoxy) is 1. The van der Waals surface area contributed by atoms with Gasteiger partial charge < -0.3 is 25.3 Å². The molecule has 0 aliphatic carbocycles. The van der Waals surface area contributed by atoms with Gasteiger partial charge in [-0.1, -0.05) is 19.4 Å². The van der Waals surface area contributed by atoms with E-state index < -0.39 is 12.1 Å². The molecule has 0 saturated carbocycles. The molecule has 0 saturated heterocycles. The highest BCUT2D eigenvalue weighted by Crippen LogP contribution is 2.31. The number of H-pyrrole nitrogens is 1. The van der Waals surface area contributed by atoms with E-state index in [1.54, 1.807) is 12.1 Å². The maximum atomic E-state index is 12.1. The summed E-state index contributed by atoms with van der Waals surface area (Å²) in [5, 5.41) is 24.5. The van der Waals surface area contributed by atoms with E-state index in [0.29, 0.717) is 29.6 Å². The predicted octanol–water partition coefficient (Wildman–Crippen LogP) is 3.67. The molecule has 1 atom stereocenters. The van der Waals surface area contributed by atoms with Crippen LogP contribution in [0.25, 0.3) is 10.9 Å². The number of halogens is 1. The van der Waals surface area contributed by atoms with E-state index in [9.17, 15) is 15.0 Å². The maximum Gasteiger partial charge on any atom is 0.354 e. The zero-order valence-electron chi connectivity index (χ0n) is 15.8. The van der Waals surface area contributed by atoms with E-state index in [1.807, 2.05) is 27.7 Å². The standard InChI is InChI=1S/C19H28N2O4.ClH/c1-5-6-9-25-18(24)14-10-13-12(7-8-15(22)17(13)21-14)16(23)11-20-19(2,3)4;/h7-8,10,16,20-23H,5-6,9,11H2,1-4H3;1H. The van der Waals surface area contributed by atoms with Gasteiger partial charge >= 0.3 is 5.97 Å². The Kier molecular flexibility index (Phi) is 7.93. The number of phenols is 1. The first-order valence-corrected chi connectivity index (χ1v) is 8.67. The van der Waals surface area contributed by atoms with Crippen LogP contribution in [0.15, 0.2) is 18.2 Å². The summed E-state index contributed by atoms with van der Waals surface area (Å²) >= 11 is 0. The molecule has 1 heterocycles. The number of carbonyl (C=O) groups is 1. The van der Waals surface area contributed by atoms with Crippen molar-refractivity contribution in [3.63, 3.8) is 0 Å². The number of aromatic amines is 1. The van der Waals surface area contributed by atoms with Gasteiger partial charge in [0.2, 0.25) is 0 Å². The minimum absolute atomic E-state index is 0. The molecule has 1 aromatic heterocycles. The van der Waals surface area contributed by atoms with Crippen LogP contribution in [0.4, 0.5) is 0 Å². The number of fused-ring (bicyclic) bond motifs is 1. The van der Waals surface area contributed by atoms with Gasteiger partial charge in [-0.3, -0.25) is 0 Å². The Morgan fingerprint density at radius 2 is 2.04 bits per heavy atom. The van der Waals surface area contributed by atoms with Crippen molar-refractivity contribution >= 4 is 29.3 Å². The van der Waals surface area contributed by atoms with Crippen LogP contribution >= 0.6 is 12.4 Å². The van der Waals surface area contributed by atoms with Crippen molar-refractivity contribution in [2.24, 2.45) is 0 Å². The van der Waals surface area contributed by atoms with Crippen LogP contribution < -0.4 is 5.32 Å². The minimum Gasteiger partial charge on any atom is -0.506 e. The number of carbonyl (C=O) groups excluding carboxylic acids is 1. The van der Waals surface area contributed by atoms with Gasteiger partial charge in [-0.2, -0.15) is 0 Å². The molecule has 0 fully saturated rings. The highest BCUT2D eigenvalue weighted by Gasteiger charge is 2.20. The van der Waals surface area contributed by atoms with Crippen molar-refractivity contribution in [1.82, 2.24) is 10.3 Å². The lowest BCUT2D eigenvalue weighted by Gasteiger charge is -2.23. The molecule has 26 heavy (non-hydrogen) atoms.